The van der Waals surface area contributed by atoms with Crippen molar-refractivity contribution in [2.45, 2.75) is 6.61 Å². The molecule has 0 radical (unpaired) electrons. The predicted molar refractivity (Wildman–Crippen MR) is 101 cm³/mol. The standard InChI is InChI=1S/C19H14N4O3S/c1-24-13-6-8-14(9-7-13)25-11-17-22-23-18(20-21-19(23)27-17)16-10-12-4-2-3-5-15(12)26-16/h2-10H,11H2,1H3. The van der Waals surface area contributed by atoms with E-state index in [-0.39, 0.29) is 0 Å². The number of fused-ring (bicyclic) bond motifs is 2. The number of nitrogens with zero attached hydrogens (tertiary/aromatic N) is 4. The van der Waals surface area contributed by atoms with Gasteiger partial charge in [-0.3, -0.25) is 0 Å². The van der Waals surface area contributed by atoms with Crippen molar-refractivity contribution < 1.29 is 13.9 Å². The highest BCUT2D eigenvalue weighted by Crippen LogP contribution is 2.28. The maximum absolute atomic E-state index is 5.88. The summed E-state index contributed by atoms with van der Waals surface area (Å²) in [4.78, 5) is 0.693. The lowest BCUT2D eigenvalue weighted by Crippen LogP contribution is -1.97. The van der Waals surface area contributed by atoms with Gasteiger partial charge in [0.2, 0.25) is 10.8 Å². The molecule has 0 fully saturated rings. The molecule has 0 aliphatic carbocycles. The van der Waals surface area contributed by atoms with Gasteiger partial charge in [0, 0.05) is 5.39 Å². The first-order valence-electron chi connectivity index (χ1n) is 8.27. The van der Waals surface area contributed by atoms with Gasteiger partial charge in [-0.25, -0.2) is 0 Å². The van der Waals surface area contributed by atoms with Crippen LogP contribution in [0.2, 0.25) is 0 Å². The largest absolute Gasteiger partial charge is 0.497 e. The van der Waals surface area contributed by atoms with Crippen LogP contribution in [-0.4, -0.2) is 26.9 Å². The normalized spacial score (nSPS) is 11.3. The second kappa shape index (κ2) is 6.40. The Kier molecular flexibility index (Phi) is 3.75. The number of aromatic nitrogens is 4. The van der Waals surface area contributed by atoms with Crippen LogP contribution >= 0.6 is 11.3 Å². The minimum Gasteiger partial charge on any atom is -0.497 e. The Bertz CT molecular complexity index is 1190. The lowest BCUT2D eigenvalue weighted by molar-refractivity contribution is 0.303. The molecule has 0 aliphatic heterocycles. The van der Waals surface area contributed by atoms with Crippen molar-refractivity contribution in [2.75, 3.05) is 7.11 Å². The summed E-state index contributed by atoms with van der Waals surface area (Å²) in [7, 11) is 1.63. The van der Waals surface area contributed by atoms with Gasteiger partial charge < -0.3 is 13.9 Å². The third-order valence-electron chi connectivity index (χ3n) is 4.10. The first kappa shape index (κ1) is 15.8. The average Bonchev–Trinajstić information content (AvgIpc) is 3.40. The van der Waals surface area contributed by atoms with E-state index in [0.29, 0.717) is 23.2 Å². The number of para-hydroxylation sites is 1. The van der Waals surface area contributed by atoms with Crippen LogP contribution in [0.4, 0.5) is 0 Å². The molecule has 3 heterocycles. The fourth-order valence-electron chi connectivity index (χ4n) is 2.78. The summed E-state index contributed by atoms with van der Waals surface area (Å²) in [6.45, 7) is 0.347. The summed E-state index contributed by atoms with van der Waals surface area (Å²) in [5.41, 5.74) is 0.808. The topological polar surface area (TPSA) is 74.7 Å². The first-order valence-corrected chi connectivity index (χ1v) is 9.09. The van der Waals surface area contributed by atoms with Crippen LogP contribution < -0.4 is 9.47 Å². The molecular formula is C19H14N4O3S. The molecule has 0 spiro atoms. The molecule has 0 bridgehead atoms. The van der Waals surface area contributed by atoms with Crippen LogP contribution in [-0.2, 0) is 6.61 Å². The number of benzene rings is 2. The van der Waals surface area contributed by atoms with Gasteiger partial charge in [-0.15, -0.1) is 10.2 Å². The minimum atomic E-state index is 0.347. The minimum absolute atomic E-state index is 0.347. The lowest BCUT2D eigenvalue weighted by atomic mass is 10.2. The highest BCUT2D eigenvalue weighted by Gasteiger charge is 2.17. The number of rotatable bonds is 5. The Morgan fingerprint density at radius 3 is 2.67 bits per heavy atom. The SMILES string of the molecule is COc1ccc(OCc2nn3c(-c4cc5ccccc5o4)nnc3s2)cc1. The molecule has 8 heteroatoms. The molecule has 0 amide bonds. The van der Waals surface area contributed by atoms with Gasteiger partial charge in [0.05, 0.1) is 7.11 Å². The van der Waals surface area contributed by atoms with Gasteiger partial charge >= 0.3 is 0 Å². The summed E-state index contributed by atoms with van der Waals surface area (Å²) < 4.78 is 18.5. The highest BCUT2D eigenvalue weighted by atomic mass is 32.1. The summed E-state index contributed by atoms with van der Waals surface area (Å²) in [6.07, 6.45) is 0. The zero-order valence-corrected chi connectivity index (χ0v) is 15.1. The van der Waals surface area contributed by atoms with Gasteiger partial charge in [0.25, 0.3) is 0 Å². The van der Waals surface area contributed by atoms with Crippen LogP contribution in [0.25, 0.3) is 27.5 Å². The van der Waals surface area contributed by atoms with Crippen molar-refractivity contribution in [2.24, 2.45) is 0 Å². The van der Waals surface area contributed by atoms with E-state index in [1.54, 1.807) is 11.6 Å². The summed E-state index contributed by atoms with van der Waals surface area (Å²) in [5.74, 6) is 2.75. The van der Waals surface area contributed by atoms with Crippen molar-refractivity contribution in [1.29, 1.82) is 0 Å². The van der Waals surface area contributed by atoms with Crippen LogP contribution in [0, 0.1) is 0 Å². The number of ether oxygens (including phenoxy) is 2. The molecule has 0 aliphatic rings. The smallest absolute Gasteiger partial charge is 0.235 e. The fraction of sp³-hybridized carbons (Fsp3) is 0.105. The molecule has 134 valence electrons. The Morgan fingerprint density at radius 1 is 1.04 bits per heavy atom. The second-order valence-electron chi connectivity index (χ2n) is 5.83. The van der Waals surface area contributed by atoms with Gasteiger partial charge in [0.15, 0.2) is 10.8 Å². The van der Waals surface area contributed by atoms with E-state index in [1.165, 1.54) is 11.3 Å². The van der Waals surface area contributed by atoms with E-state index in [1.807, 2.05) is 54.6 Å². The van der Waals surface area contributed by atoms with E-state index in [0.717, 1.165) is 27.5 Å². The number of furan rings is 1. The maximum atomic E-state index is 5.88. The Labute approximate surface area is 157 Å². The summed E-state index contributed by atoms with van der Waals surface area (Å²) in [5, 5.41) is 14.8. The van der Waals surface area contributed by atoms with Gasteiger partial charge in [0.1, 0.15) is 23.7 Å². The number of methoxy groups -OCH3 is 1. The quantitative estimate of drug-likeness (QED) is 0.457. The van der Waals surface area contributed by atoms with E-state index >= 15 is 0 Å². The van der Waals surface area contributed by atoms with Crippen molar-refractivity contribution in [1.82, 2.24) is 19.8 Å². The van der Waals surface area contributed by atoms with Gasteiger partial charge in [-0.05, 0) is 36.4 Å². The molecule has 5 aromatic rings. The van der Waals surface area contributed by atoms with Gasteiger partial charge in [-0.1, -0.05) is 29.5 Å². The zero-order valence-electron chi connectivity index (χ0n) is 14.3. The molecule has 0 unspecified atom stereocenters. The predicted octanol–water partition coefficient (Wildman–Crippen LogP) is 4.19. The molecule has 2 aromatic carbocycles. The van der Waals surface area contributed by atoms with Crippen LogP contribution in [0.15, 0.2) is 59.0 Å². The molecule has 5 rings (SSSR count). The van der Waals surface area contributed by atoms with Crippen LogP contribution in [0.1, 0.15) is 5.01 Å². The Morgan fingerprint density at radius 2 is 1.85 bits per heavy atom. The Hall–Kier alpha value is -3.39. The summed E-state index contributed by atoms with van der Waals surface area (Å²) >= 11 is 1.43. The van der Waals surface area contributed by atoms with Crippen molar-refractivity contribution in [3.63, 3.8) is 0 Å². The van der Waals surface area contributed by atoms with Crippen molar-refractivity contribution >= 4 is 27.3 Å². The number of hydrogen-bond donors (Lipinski definition) is 0. The van der Waals surface area contributed by atoms with E-state index in [4.69, 9.17) is 13.9 Å². The third-order valence-corrected chi connectivity index (χ3v) is 4.97. The lowest BCUT2D eigenvalue weighted by Gasteiger charge is -2.04. The van der Waals surface area contributed by atoms with Gasteiger partial charge in [-0.2, -0.15) is 9.61 Å². The molecular weight excluding hydrogens is 364 g/mol. The van der Waals surface area contributed by atoms with E-state index < -0.39 is 0 Å². The average molecular weight is 378 g/mol. The molecule has 0 atom stereocenters. The molecule has 0 saturated carbocycles. The number of hydrogen-bond acceptors (Lipinski definition) is 7. The van der Waals surface area contributed by atoms with Crippen molar-refractivity contribution in [3.8, 4) is 23.1 Å². The molecule has 0 saturated heterocycles. The second-order valence-corrected chi connectivity index (χ2v) is 6.87. The first-order chi connectivity index (χ1) is 13.3. The highest BCUT2D eigenvalue weighted by molar-refractivity contribution is 7.16. The summed E-state index contributed by atoms with van der Waals surface area (Å²) in [6, 6.07) is 17.2. The molecule has 0 N–H and O–H groups in total. The van der Waals surface area contributed by atoms with Crippen LogP contribution in [0.3, 0.4) is 0 Å². The monoisotopic (exact) mass is 378 g/mol. The molecule has 27 heavy (non-hydrogen) atoms. The fourth-order valence-corrected chi connectivity index (χ4v) is 3.52. The zero-order chi connectivity index (χ0) is 18.2. The molecule has 3 aromatic heterocycles. The van der Waals surface area contributed by atoms with Crippen molar-refractivity contribution in [3.05, 3.63) is 59.6 Å². The third kappa shape index (κ3) is 2.89. The Balaban J connectivity index is 1.40. The van der Waals surface area contributed by atoms with E-state index in [9.17, 15) is 0 Å². The van der Waals surface area contributed by atoms with E-state index in [2.05, 4.69) is 15.3 Å². The maximum Gasteiger partial charge on any atom is 0.235 e. The van der Waals surface area contributed by atoms with Crippen LogP contribution in [0.5, 0.6) is 11.5 Å². The molecule has 7 nitrogen and oxygen atoms in total.